The normalized spacial score (nSPS) is 14.5. The maximum atomic E-state index is 5.30. The Hall–Kier alpha value is -1.68. The number of hydrogen-bond acceptors (Lipinski definition) is 2. The Balaban J connectivity index is 1.90. The molecule has 4 heteroatoms. The predicted octanol–water partition coefficient (Wildman–Crippen LogP) is 2.99. The molecule has 0 aliphatic heterocycles. The maximum absolute atomic E-state index is 5.30. The Kier molecular flexibility index (Phi) is 2.88. The molecule has 2 N–H and O–H groups in total. The summed E-state index contributed by atoms with van der Waals surface area (Å²) in [5.74, 6) is 0. The van der Waals surface area contributed by atoms with Crippen molar-refractivity contribution in [1.29, 1.82) is 0 Å². The fraction of sp³-hybridized carbons (Fsp3) is 0.286. The van der Waals surface area contributed by atoms with Crippen LogP contribution in [-0.4, -0.2) is 16.1 Å². The van der Waals surface area contributed by atoms with E-state index in [0.717, 1.165) is 22.3 Å². The van der Waals surface area contributed by atoms with Crippen molar-refractivity contribution in [1.82, 2.24) is 10.3 Å². The van der Waals surface area contributed by atoms with E-state index in [9.17, 15) is 0 Å². The lowest BCUT2D eigenvalue weighted by Crippen LogP contribution is -2.30. The first-order valence-corrected chi connectivity index (χ1v) is 6.57. The molecule has 1 fully saturated rings. The zero-order valence-electron chi connectivity index (χ0n) is 10.2. The van der Waals surface area contributed by atoms with Gasteiger partial charge < -0.3 is 10.6 Å². The van der Waals surface area contributed by atoms with E-state index < -0.39 is 0 Å². The van der Waals surface area contributed by atoms with Crippen LogP contribution in [0.25, 0.3) is 10.9 Å². The lowest BCUT2D eigenvalue weighted by molar-refractivity contribution is 0.919. The minimum Gasteiger partial charge on any atom is -0.360 e. The highest BCUT2D eigenvalue weighted by molar-refractivity contribution is 7.80. The maximum Gasteiger partial charge on any atom is 0.171 e. The first kappa shape index (κ1) is 11.4. The van der Waals surface area contributed by atoms with Crippen molar-refractivity contribution in [3.63, 3.8) is 0 Å². The Labute approximate surface area is 112 Å². The number of thiocarbonyl (C=S) groups is 1. The molecular weight excluding hydrogens is 242 g/mol. The zero-order valence-corrected chi connectivity index (χ0v) is 11.1. The number of rotatable bonds is 2. The highest BCUT2D eigenvalue weighted by Crippen LogP contribution is 2.23. The van der Waals surface area contributed by atoms with E-state index in [-0.39, 0.29) is 0 Å². The van der Waals surface area contributed by atoms with E-state index in [1.54, 1.807) is 0 Å². The van der Waals surface area contributed by atoms with Gasteiger partial charge in [-0.05, 0) is 44.1 Å². The van der Waals surface area contributed by atoms with E-state index in [1.807, 2.05) is 25.1 Å². The number of hydrogen-bond donors (Lipinski definition) is 2. The van der Waals surface area contributed by atoms with Crippen LogP contribution in [0.5, 0.6) is 0 Å². The number of nitrogens with zero attached hydrogens (tertiary/aromatic N) is 1. The summed E-state index contributed by atoms with van der Waals surface area (Å²) in [4.78, 5) is 4.57. The molecule has 0 unspecified atom stereocenters. The minimum absolute atomic E-state index is 0.565. The first-order chi connectivity index (χ1) is 8.72. The molecule has 0 bridgehead atoms. The summed E-state index contributed by atoms with van der Waals surface area (Å²) >= 11 is 5.30. The van der Waals surface area contributed by atoms with E-state index in [2.05, 4.69) is 27.8 Å². The third kappa shape index (κ3) is 2.43. The Morgan fingerprint density at radius 1 is 1.28 bits per heavy atom. The lowest BCUT2D eigenvalue weighted by Gasteiger charge is -2.11. The minimum atomic E-state index is 0.565. The van der Waals surface area contributed by atoms with Gasteiger partial charge in [0.1, 0.15) is 0 Å². The first-order valence-electron chi connectivity index (χ1n) is 6.16. The molecule has 1 heterocycles. The van der Waals surface area contributed by atoms with Crippen molar-refractivity contribution >= 4 is 33.9 Å². The van der Waals surface area contributed by atoms with Gasteiger partial charge >= 0.3 is 0 Å². The van der Waals surface area contributed by atoms with Gasteiger partial charge in [0.15, 0.2) is 5.11 Å². The summed E-state index contributed by atoms with van der Waals surface area (Å²) in [5.41, 5.74) is 2.95. The number of benzene rings is 1. The molecule has 0 saturated heterocycles. The number of nitrogens with one attached hydrogen (secondary N) is 2. The zero-order chi connectivity index (χ0) is 12.5. The second kappa shape index (κ2) is 4.53. The van der Waals surface area contributed by atoms with Crippen LogP contribution in [0, 0.1) is 6.92 Å². The standard InChI is InChI=1S/C14H15N3S/c1-9-5-6-10-3-2-4-12(13(10)15-9)17-14(18)16-11-7-8-11/h2-6,11H,7-8H2,1H3,(H2,16,17,18). The van der Waals surface area contributed by atoms with E-state index >= 15 is 0 Å². The Morgan fingerprint density at radius 2 is 2.11 bits per heavy atom. The second-order valence-corrected chi connectivity index (χ2v) is 5.11. The van der Waals surface area contributed by atoms with Crippen LogP contribution >= 0.6 is 12.2 Å². The van der Waals surface area contributed by atoms with Crippen LogP contribution in [0.2, 0.25) is 0 Å². The monoisotopic (exact) mass is 257 g/mol. The molecule has 1 aliphatic carbocycles. The summed E-state index contributed by atoms with van der Waals surface area (Å²) in [6, 6.07) is 10.8. The molecule has 3 nitrogen and oxygen atoms in total. The molecule has 1 aromatic carbocycles. The Morgan fingerprint density at radius 3 is 2.89 bits per heavy atom. The summed E-state index contributed by atoms with van der Waals surface area (Å²) in [7, 11) is 0. The van der Waals surface area contributed by atoms with Crippen molar-refractivity contribution < 1.29 is 0 Å². The molecule has 1 aliphatic rings. The molecule has 0 radical (unpaired) electrons. The SMILES string of the molecule is Cc1ccc2cccc(NC(=S)NC3CC3)c2n1. The Bertz CT molecular complexity index is 605. The fourth-order valence-corrected chi connectivity index (χ4v) is 2.19. The van der Waals surface area contributed by atoms with E-state index in [1.165, 1.54) is 12.8 Å². The quantitative estimate of drug-likeness (QED) is 0.811. The molecule has 0 atom stereocenters. The third-order valence-electron chi connectivity index (χ3n) is 3.02. The summed E-state index contributed by atoms with van der Waals surface area (Å²) in [6.45, 7) is 2.00. The van der Waals surface area contributed by atoms with Crippen LogP contribution in [0.1, 0.15) is 18.5 Å². The lowest BCUT2D eigenvalue weighted by atomic mass is 10.2. The van der Waals surface area contributed by atoms with Gasteiger partial charge in [0.2, 0.25) is 0 Å². The molecule has 1 saturated carbocycles. The van der Waals surface area contributed by atoms with Crippen molar-refractivity contribution in [3.05, 3.63) is 36.0 Å². The van der Waals surface area contributed by atoms with Gasteiger partial charge in [-0.15, -0.1) is 0 Å². The van der Waals surface area contributed by atoms with Crippen LogP contribution in [0.4, 0.5) is 5.69 Å². The van der Waals surface area contributed by atoms with Crippen molar-refractivity contribution in [3.8, 4) is 0 Å². The summed E-state index contributed by atoms with van der Waals surface area (Å²) in [5, 5.41) is 8.33. The van der Waals surface area contributed by atoms with Crippen LogP contribution in [-0.2, 0) is 0 Å². The molecule has 0 spiro atoms. The molecule has 3 rings (SSSR count). The van der Waals surface area contributed by atoms with Gasteiger partial charge in [-0.1, -0.05) is 18.2 Å². The fourth-order valence-electron chi connectivity index (χ4n) is 1.92. The number of aryl methyl sites for hydroxylation is 1. The number of aromatic nitrogens is 1. The summed E-state index contributed by atoms with van der Waals surface area (Å²) < 4.78 is 0. The molecule has 2 aromatic rings. The van der Waals surface area contributed by atoms with E-state index in [4.69, 9.17) is 12.2 Å². The molecule has 1 aromatic heterocycles. The second-order valence-electron chi connectivity index (χ2n) is 4.70. The van der Waals surface area contributed by atoms with Gasteiger partial charge in [-0.2, -0.15) is 0 Å². The van der Waals surface area contributed by atoms with Crippen molar-refractivity contribution in [2.45, 2.75) is 25.8 Å². The smallest absolute Gasteiger partial charge is 0.171 e. The van der Waals surface area contributed by atoms with Crippen LogP contribution in [0.3, 0.4) is 0 Å². The summed E-state index contributed by atoms with van der Waals surface area (Å²) in [6.07, 6.45) is 2.43. The van der Waals surface area contributed by atoms with Gasteiger partial charge in [0.05, 0.1) is 11.2 Å². The molecule has 0 amide bonds. The molecule has 18 heavy (non-hydrogen) atoms. The van der Waals surface area contributed by atoms with Crippen molar-refractivity contribution in [2.75, 3.05) is 5.32 Å². The number of para-hydroxylation sites is 1. The highest BCUT2D eigenvalue weighted by atomic mass is 32.1. The van der Waals surface area contributed by atoms with Gasteiger partial charge in [-0.3, -0.25) is 4.98 Å². The average Bonchev–Trinajstić information content (AvgIpc) is 3.14. The number of anilines is 1. The molecule has 92 valence electrons. The average molecular weight is 257 g/mol. The van der Waals surface area contributed by atoms with Crippen molar-refractivity contribution in [2.24, 2.45) is 0 Å². The van der Waals surface area contributed by atoms with Crippen LogP contribution < -0.4 is 10.6 Å². The van der Waals surface area contributed by atoms with Gasteiger partial charge in [0, 0.05) is 17.1 Å². The highest BCUT2D eigenvalue weighted by Gasteiger charge is 2.21. The largest absolute Gasteiger partial charge is 0.360 e. The van der Waals surface area contributed by atoms with E-state index in [0.29, 0.717) is 11.2 Å². The topological polar surface area (TPSA) is 37.0 Å². The van der Waals surface area contributed by atoms with Crippen LogP contribution in [0.15, 0.2) is 30.3 Å². The number of pyridine rings is 1. The third-order valence-corrected chi connectivity index (χ3v) is 3.24. The van der Waals surface area contributed by atoms with Gasteiger partial charge in [-0.25, -0.2) is 0 Å². The van der Waals surface area contributed by atoms with Gasteiger partial charge in [0.25, 0.3) is 0 Å². The number of fused-ring (bicyclic) bond motifs is 1. The predicted molar refractivity (Wildman–Crippen MR) is 78.9 cm³/mol. The molecular formula is C14H15N3S.